The number of hydrogen-bond donors (Lipinski definition) is 2. The summed E-state index contributed by atoms with van der Waals surface area (Å²) in [6, 6.07) is 5.17. The van der Waals surface area contributed by atoms with Gasteiger partial charge in [-0.25, -0.2) is 9.59 Å². The van der Waals surface area contributed by atoms with E-state index < -0.39 is 29.6 Å². The quantitative estimate of drug-likeness (QED) is 0.752. The van der Waals surface area contributed by atoms with Crippen molar-refractivity contribution in [1.29, 1.82) is 0 Å². The van der Waals surface area contributed by atoms with Gasteiger partial charge in [0, 0.05) is 16.6 Å². The highest BCUT2D eigenvalue weighted by molar-refractivity contribution is 6.06. The van der Waals surface area contributed by atoms with Gasteiger partial charge in [-0.1, -0.05) is 11.6 Å². The fraction of sp³-hybridized carbons (Fsp3) is 0.478. The Bertz CT molecular complexity index is 1010. The van der Waals surface area contributed by atoms with Gasteiger partial charge in [-0.05, 0) is 78.0 Å². The van der Waals surface area contributed by atoms with Gasteiger partial charge in [-0.15, -0.1) is 0 Å². The first kappa shape index (κ1) is 21.7. The van der Waals surface area contributed by atoms with Crippen molar-refractivity contribution >= 4 is 28.8 Å². The van der Waals surface area contributed by atoms with Crippen LogP contribution in [-0.2, 0) is 22.4 Å². The second-order valence-corrected chi connectivity index (χ2v) is 8.88. The molecule has 0 fully saturated rings. The third-order valence-corrected chi connectivity index (χ3v) is 5.00. The van der Waals surface area contributed by atoms with Crippen LogP contribution >= 0.6 is 0 Å². The van der Waals surface area contributed by atoms with Gasteiger partial charge in [0.15, 0.2) is 6.10 Å². The number of carbonyl (C=O) groups excluding carboxylic acids is 3. The zero-order valence-corrected chi connectivity index (χ0v) is 18.2. The van der Waals surface area contributed by atoms with Gasteiger partial charge in [-0.3, -0.25) is 15.1 Å². The molecule has 1 heterocycles. The Kier molecular flexibility index (Phi) is 6.10. The fourth-order valence-electron chi connectivity index (χ4n) is 3.63. The Morgan fingerprint density at radius 3 is 2.53 bits per heavy atom. The van der Waals surface area contributed by atoms with Crippen LogP contribution in [0.25, 0.3) is 10.9 Å². The number of rotatable bonds is 3. The number of urea groups is 1. The molecule has 3 rings (SSSR count). The highest BCUT2D eigenvalue weighted by atomic mass is 16.5. The molecule has 0 radical (unpaired) electrons. The summed E-state index contributed by atoms with van der Waals surface area (Å²) < 4.78 is 5.48. The van der Waals surface area contributed by atoms with Crippen molar-refractivity contribution in [3.8, 4) is 0 Å². The van der Waals surface area contributed by atoms with Crippen molar-refractivity contribution in [2.24, 2.45) is 0 Å². The molecular weight excluding hydrogens is 382 g/mol. The molecule has 1 atom stereocenters. The summed E-state index contributed by atoms with van der Waals surface area (Å²) in [5.74, 6) is -1.24. The molecule has 0 unspecified atom stereocenters. The number of hydrogen-bond acceptors (Lipinski definition) is 5. The van der Waals surface area contributed by atoms with Crippen molar-refractivity contribution in [1.82, 2.24) is 15.6 Å². The minimum atomic E-state index is -1.12. The van der Waals surface area contributed by atoms with Crippen LogP contribution < -0.4 is 10.6 Å². The van der Waals surface area contributed by atoms with Crippen molar-refractivity contribution in [2.75, 3.05) is 0 Å². The van der Waals surface area contributed by atoms with Gasteiger partial charge in [-0.2, -0.15) is 0 Å². The fourth-order valence-corrected chi connectivity index (χ4v) is 3.63. The highest BCUT2D eigenvalue weighted by Gasteiger charge is 2.27. The van der Waals surface area contributed by atoms with E-state index in [0.717, 1.165) is 53.4 Å². The Labute approximate surface area is 176 Å². The number of nitrogens with zero attached hydrogens (tertiary/aromatic N) is 1. The second kappa shape index (κ2) is 8.42. The number of pyridine rings is 1. The normalized spacial score (nSPS) is 14.6. The lowest BCUT2D eigenvalue weighted by molar-refractivity contribution is -0.127. The van der Waals surface area contributed by atoms with Gasteiger partial charge in [0.05, 0.1) is 11.1 Å². The number of aromatic nitrogens is 1. The average Bonchev–Trinajstić information content (AvgIpc) is 2.64. The van der Waals surface area contributed by atoms with Gasteiger partial charge in [0.1, 0.15) is 0 Å². The lowest BCUT2D eigenvalue weighted by atomic mass is 9.89. The van der Waals surface area contributed by atoms with E-state index >= 15 is 0 Å². The predicted molar refractivity (Wildman–Crippen MR) is 114 cm³/mol. The van der Waals surface area contributed by atoms with Crippen molar-refractivity contribution < 1.29 is 19.1 Å². The van der Waals surface area contributed by atoms with Crippen molar-refractivity contribution in [2.45, 2.75) is 71.9 Å². The molecule has 1 aliphatic carbocycles. The molecular formula is C23H29N3O4. The monoisotopic (exact) mass is 411 g/mol. The van der Waals surface area contributed by atoms with Gasteiger partial charge < -0.3 is 10.1 Å². The minimum absolute atomic E-state index is 0.484. The number of esters is 1. The second-order valence-electron chi connectivity index (χ2n) is 8.88. The van der Waals surface area contributed by atoms with E-state index in [2.05, 4.69) is 10.6 Å². The molecule has 2 aromatic rings. The van der Waals surface area contributed by atoms with Crippen LogP contribution in [0, 0.1) is 6.92 Å². The van der Waals surface area contributed by atoms with Crippen LogP contribution in [0.15, 0.2) is 18.2 Å². The number of ether oxygens (including phenoxy) is 1. The van der Waals surface area contributed by atoms with Crippen LogP contribution in [-0.4, -0.2) is 34.5 Å². The predicted octanol–water partition coefficient (Wildman–Crippen LogP) is 3.59. The molecule has 30 heavy (non-hydrogen) atoms. The SMILES string of the molecule is Cc1ccc2nc3c(c(C(=O)O[C@H](C)C(=O)NC(=O)NC(C)(C)C)c2c1)CCCC3. The van der Waals surface area contributed by atoms with Crippen molar-refractivity contribution in [3.63, 3.8) is 0 Å². The zero-order chi connectivity index (χ0) is 22.1. The van der Waals surface area contributed by atoms with Crippen LogP contribution in [0.2, 0.25) is 0 Å². The van der Waals surface area contributed by atoms with Gasteiger partial charge >= 0.3 is 12.0 Å². The topological polar surface area (TPSA) is 97.4 Å². The van der Waals surface area contributed by atoms with Gasteiger partial charge in [0.25, 0.3) is 5.91 Å². The first-order chi connectivity index (χ1) is 14.0. The molecule has 3 amide bonds. The van der Waals surface area contributed by atoms with E-state index in [-0.39, 0.29) is 0 Å². The lowest BCUT2D eigenvalue weighted by Gasteiger charge is -2.22. The van der Waals surface area contributed by atoms with Crippen LogP contribution in [0.5, 0.6) is 0 Å². The van der Waals surface area contributed by atoms with E-state index in [4.69, 9.17) is 9.72 Å². The summed E-state index contributed by atoms with van der Waals surface area (Å²) in [5.41, 5.74) is 3.58. The molecule has 0 saturated carbocycles. The summed E-state index contributed by atoms with van der Waals surface area (Å²) in [6.07, 6.45) is 2.48. The number of carbonyl (C=O) groups is 3. The molecule has 1 aromatic carbocycles. The molecule has 1 aliphatic rings. The summed E-state index contributed by atoms with van der Waals surface area (Å²) in [5, 5.41) is 5.60. The summed E-state index contributed by atoms with van der Waals surface area (Å²) >= 11 is 0. The molecule has 7 heteroatoms. The molecule has 0 spiro atoms. The maximum absolute atomic E-state index is 13.1. The summed E-state index contributed by atoms with van der Waals surface area (Å²) in [7, 11) is 0. The molecule has 0 saturated heterocycles. The van der Waals surface area contributed by atoms with Crippen LogP contribution in [0.4, 0.5) is 4.79 Å². The molecule has 160 valence electrons. The Morgan fingerprint density at radius 2 is 1.83 bits per heavy atom. The largest absolute Gasteiger partial charge is 0.449 e. The minimum Gasteiger partial charge on any atom is -0.449 e. The number of aryl methyl sites for hydroxylation is 2. The molecule has 1 aromatic heterocycles. The first-order valence-corrected chi connectivity index (χ1v) is 10.3. The van der Waals surface area contributed by atoms with E-state index in [1.54, 1.807) is 20.8 Å². The molecule has 0 aliphatic heterocycles. The number of nitrogens with one attached hydrogen (secondary N) is 2. The standard InChI is InChI=1S/C23H29N3O4/c1-13-10-11-18-16(12-13)19(15-8-6-7-9-17(15)24-18)21(28)30-14(2)20(27)25-22(29)26-23(3,4)5/h10-12,14H,6-9H2,1-5H3,(H2,25,26,27,29)/t14-/m1/s1. The first-order valence-electron chi connectivity index (χ1n) is 10.3. The summed E-state index contributed by atoms with van der Waals surface area (Å²) in [6.45, 7) is 8.83. The average molecular weight is 412 g/mol. The van der Waals surface area contributed by atoms with E-state index in [1.165, 1.54) is 6.92 Å². The molecule has 0 bridgehead atoms. The number of imide groups is 1. The Hall–Kier alpha value is -2.96. The lowest BCUT2D eigenvalue weighted by Crippen LogP contribution is -2.50. The highest BCUT2D eigenvalue weighted by Crippen LogP contribution is 2.30. The Balaban J connectivity index is 1.85. The zero-order valence-electron chi connectivity index (χ0n) is 18.2. The number of benzene rings is 1. The Morgan fingerprint density at radius 1 is 1.13 bits per heavy atom. The van der Waals surface area contributed by atoms with Gasteiger partial charge in [0.2, 0.25) is 0 Å². The maximum Gasteiger partial charge on any atom is 0.339 e. The van der Waals surface area contributed by atoms with Crippen LogP contribution in [0.3, 0.4) is 0 Å². The smallest absolute Gasteiger partial charge is 0.339 e. The molecule has 2 N–H and O–H groups in total. The third-order valence-electron chi connectivity index (χ3n) is 5.00. The number of amides is 3. The summed E-state index contributed by atoms with van der Waals surface area (Å²) in [4.78, 5) is 42.2. The van der Waals surface area contributed by atoms with Crippen LogP contribution in [0.1, 0.15) is 67.7 Å². The van der Waals surface area contributed by atoms with E-state index in [1.807, 2.05) is 25.1 Å². The third kappa shape index (κ3) is 4.96. The van der Waals surface area contributed by atoms with E-state index in [0.29, 0.717) is 5.56 Å². The maximum atomic E-state index is 13.1. The van der Waals surface area contributed by atoms with E-state index in [9.17, 15) is 14.4 Å². The van der Waals surface area contributed by atoms with Crippen molar-refractivity contribution in [3.05, 3.63) is 40.6 Å². The number of fused-ring (bicyclic) bond motifs is 2. The molecule has 7 nitrogen and oxygen atoms in total.